The van der Waals surface area contributed by atoms with Crippen LogP contribution in [0.15, 0.2) is 64.1 Å². The van der Waals surface area contributed by atoms with Crippen molar-refractivity contribution in [1.29, 1.82) is 0 Å². The number of aryl methyl sites for hydroxylation is 2. The number of allylic oxidation sites excluding steroid dienone is 1. The number of methoxy groups -OCH3 is 1. The molecule has 1 spiro atoms. The highest BCUT2D eigenvalue weighted by molar-refractivity contribution is 8.06. The standard InChI is InChI=1S/C40H46ClN5O7S/c1-25-21-54(49,24-42-38(48)31-20-45(2)43-39(31)50-3)44-37(47)28-9-12-34-33(18-28)46(19-29-7-6-26(29)8-13-35-36(25)52-16-15-51-35)22-40(23-53-34)14-4-5-27-17-30(41)10-11-32(27)40/h8-13,17-18,20,24-26,29,35-36H,4-7,14-16,19,21-23H2,1-3H3/b13-8+,42-24?/t25-,26+,29+,35+,36-,40+,54?/m1/s1. The summed E-state index contributed by atoms with van der Waals surface area (Å²) in [6, 6.07) is 11.5. The quantitative estimate of drug-likeness (QED) is 0.177. The van der Waals surface area contributed by atoms with Gasteiger partial charge >= 0.3 is 0 Å². The normalized spacial score (nSPS) is 31.6. The Bertz CT molecular complexity index is 2140. The average Bonchev–Trinajstić information content (AvgIpc) is 3.47. The van der Waals surface area contributed by atoms with Crippen LogP contribution in [-0.4, -0.2) is 89.3 Å². The molecule has 54 heavy (non-hydrogen) atoms. The van der Waals surface area contributed by atoms with Crippen molar-refractivity contribution in [2.75, 3.05) is 50.7 Å². The number of anilines is 1. The van der Waals surface area contributed by atoms with Crippen LogP contribution in [0.5, 0.6) is 11.6 Å². The number of aliphatic imine (C=N–C) groups is 1. The molecule has 2 aliphatic carbocycles. The molecule has 3 aromatic rings. The largest absolute Gasteiger partial charge is 0.490 e. The highest BCUT2D eigenvalue weighted by Gasteiger charge is 2.43. The van der Waals surface area contributed by atoms with Gasteiger partial charge in [0.25, 0.3) is 11.8 Å². The van der Waals surface area contributed by atoms with E-state index in [0.717, 1.165) is 54.9 Å². The molecule has 4 heterocycles. The summed E-state index contributed by atoms with van der Waals surface area (Å²) in [5.41, 5.74) is 4.45. The van der Waals surface area contributed by atoms with Crippen molar-refractivity contribution in [2.45, 2.75) is 56.7 Å². The van der Waals surface area contributed by atoms with Crippen molar-refractivity contribution in [3.05, 3.63) is 82.0 Å². The lowest BCUT2D eigenvalue weighted by atomic mass is 9.69. The number of fused-ring (bicyclic) bond motifs is 5. The SMILES string of the molecule is COc1nn(C)cc1C(=O)N=CS1(=O)=NC(=O)c2ccc3c(c2)N(C[C@@H]2CC[C@H]2/C=C/[C@@H]2OCCO[C@@H]2[C@H](C)C1)C[C@@]1(CCCc2cc(Cl)ccc21)CO3. The highest BCUT2D eigenvalue weighted by Crippen LogP contribution is 2.46. The first-order valence-corrected chi connectivity index (χ1v) is 20.8. The van der Waals surface area contributed by atoms with Gasteiger partial charge in [-0.3, -0.25) is 14.3 Å². The maximum Gasteiger partial charge on any atom is 0.285 e. The molecule has 2 amide bonds. The van der Waals surface area contributed by atoms with Crippen LogP contribution in [0.4, 0.5) is 5.69 Å². The molecule has 0 N–H and O–H groups in total. The van der Waals surface area contributed by atoms with E-state index < -0.39 is 27.6 Å². The number of hydrogen-bond acceptors (Lipinski definition) is 9. The van der Waals surface area contributed by atoms with E-state index in [1.807, 2.05) is 25.1 Å². The second kappa shape index (κ2) is 14.9. The number of carbonyl (C=O) groups is 2. The van der Waals surface area contributed by atoms with E-state index in [9.17, 15) is 13.8 Å². The fourth-order valence-electron chi connectivity index (χ4n) is 8.80. The van der Waals surface area contributed by atoms with Crippen LogP contribution in [-0.2, 0) is 38.1 Å². The summed E-state index contributed by atoms with van der Waals surface area (Å²) in [4.78, 5) is 33.9. The number of hydrogen-bond donors (Lipinski definition) is 0. The average molecular weight is 776 g/mol. The number of amides is 2. The zero-order valence-electron chi connectivity index (χ0n) is 30.8. The van der Waals surface area contributed by atoms with Crippen LogP contribution in [0.1, 0.15) is 64.4 Å². The smallest absolute Gasteiger partial charge is 0.285 e. The van der Waals surface area contributed by atoms with Gasteiger partial charge in [-0.25, -0.2) is 9.20 Å². The maximum atomic E-state index is 14.8. The molecular formula is C40H46ClN5O7S. The minimum absolute atomic E-state index is 0.0871. The lowest BCUT2D eigenvalue weighted by Gasteiger charge is -2.44. The molecule has 1 unspecified atom stereocenters. The van der Waals surface area contributed by atoms with Crippen molar-refractivity contribution in [3.63, 3.8) is 0 Å². The van der Waals surface area contributed by atoms with Crippen molar-refractivity contribution in [3.8, 4) is 11.6 Å². The predicted molar refractivity (Wildman–Crippen MR) is 207 cm³/mol. The lowest BCUT2D eigenvalue weighted by Crippen LogP contribution is -2.48. The molecule has 286 valence electrons. The highest BCUT2D eigenvalue weighted by atomic mass is 35.5. The minimum atomic E-state index is -3.56. The van der Waals surface area contributed by atoms with E-state index in [2.05, 4.69) is 43.6 Å². The van der Waals surface area contributed by atoms with Crippen molar-refractivity contribution < 1.29 is 32.7 Å². The molecular weight excluding hydrogens is 730 g/mol. The molecule has 1 saturated carbocycles. The summed E-state index contributed by atoms with van der Waals surface area (Å²) < 4.78 is 44.9. The summed E-state index contributed by atoms with van der Waals surface area (Å²) in [7, 11) is -0.506. The molecule has 3 aliphatic heterocycles. The second-order valence-corrected chi connectivity index (χ2v) is 17.9. The maximum absolute atomic E-state index is 14.8. The van der Waals surface area contributed by atoms with Gasteiger partial charge in [0.15, 0.2) is 0 Å². The number of ether oxygens (including phenoxy) is 4. The number of carbonyl (C=O) groups excluding carboxylic acids is 2. The summed E-state index contributed by atoms with van der Waals surface area (Å²) in [5.74, 6) is -0.330. The molecule has 14 heteroatoms. The van der Waals surface area contributed by atoms with Gasteiger partial charge in [-0.1, -0.05) is 36.7 Å². The second-order valence-electron chi connectivity index (χ2n) is 15.3. The van der Waals surface area contributed by atoms with Gasteiger partial charge < -0.3 is 23.8 Å². The summed E-state index contributed by atoms with van der Waals surface area (Å²) >= 11 is 6.47. The number of aromatic nitrogens is 2. The van der Waals surface area contributed by atoms with Crippen LogP contribution in [0.25, 0.3) is 0 Å². The number of nitrogens with zero attached hydrogens (tertiary/aromatic N) is 5. The van der Waals surface area contributed by atoms with Crippen LogP contribution in [0.3, 0.4) is 0 Å². The van der Waals surface area contributed by atoms with Gasteiger partial charge in [0.05, 0.1) is 48.5 Å². The Labute approximate surface area is 321 Å². The van der Waals surface area contributed by atoms with Crippen molar-refractivity contribution in [1.82, 2.24) is 9.78 Å². The van der Waals surface area contributed by atoms with Gasteiger partial charge in [-0.15, -0.1) is 5.10 Å². The van der Waals surface area contributed by atoms with Crippen molar-refractivity contribution >= 4 is 44.4 Å². The van der Waals surface area contributed by atoms with E-state index in [4.69, 9.17) is 30.5 Å². The van der Waals surface area contributed by atoms with E-state index in [0.29, 0.717) is 44.0 Å². The molecule has 2 aromatic carbocycles. The van der Waals surface area contributed by atoms with Crippen LogP contribution < -0.4 is 14.4 Å². The van der Waals surface area contributed by atoms with E-state index in [1.54, 1.807) is 13.1 Å². The molecule has 2 bridgehead atoms. The van der Waals surface area contributed by atoms with Crippen molar-refractivity contribution in [2.24, 2.45) is 34.2 Å². The topological polar surface area (TPSA) is 134 Å². The molecule has 0 radical (unpaired) electrons. The first kappa shape index (κ1) is 36.9. The van der Waals surface area contributed by atoms with E-state index in [-0.39, 0.29) is 40.2 Å². The Hall–Kier alpha value is -4.04. The van der Waals surface area contributed by atoms with Gasteiger partial charge in [-0.05, 0) is 91.3 Å². The lowest BCUT2D eigenvalue weighted by molar-refractivity contribution is -0.136. The van der Waals surface area contributed by atoms with Crippen LogP contribution >= 0.6 is 11.6 Å². The van der Waals surface area contributed by atoms with Gasteiger partial charge in [0.2, 0.25) is 5.88 Å². The number of halogens is 1. The molecule has 1 aromatic heterocycles. The number of benzene rings is 2. The first-order chi connectivity index (χ1) is 26.0. The molecule has 7 atom stereocenters. The molecule has 2 fully saturated rings. The fourth-order valence-corrected chi connectivity index (χ4v) is 10.8. The predicted octanol–water partition coefficient (Wildman–Crippen LogP) is 6.05. The molecule has 1 saturated heterocycles. The van der Waals surface area contributed by atoms with E-state index >= 15 is 0 Å². The van der Waals surface area contributed by atoms with Gasteiger partial charge in [0, 0.05) is 48.1 Å². The van der Waals surface area contributed by atoms with Crippen LogP contribution in [0.2, 0.25) is 5.02 Å². The Kier molecular flexibility index (Phi) is 10.2. The third-order valence-electron chi connectivity index (χ3n) is 11.6. The Morgan fingerprint density at radius 2 is 2.00 bits per heavy atom. The Morgan fingerprint density at radius 1 is 1.15 bits per heavy atom. The third kappa shape index (κ3) is 7.23. The molecule has 5 aliphatic rings. The summed E-state index contributed by atoms with van der Waals surface area (Å²) in [5, 5.41) is 4.86. The summed E-state index contributed by atoms with van der Waals surface area (Å²) in [6.45, 7) is 4.70. The summed E-state index contributed by atoms with van der Waals surface area (Å²) in [6.07, 6.45) is 10.1. The van der Waals surface area contributed by atoms with Gasteiger partial charge in [0.1, 0.15) is 23.0 Å². The third-order valence-corrected chi connectivity index (χ3v) is 13.8. The van der Waals surface area contributed by atoms with Gasteiger partial charge in [-0.2, -0.15) is 4.36 Å². The zero-order chi connectivity index (χ0) is 37.6. The first-order valence-electron chi connectivity index (χ1n) is 18.7. The fraction of sp³-hybridized carbons (Fsp3) is 0.500. The van der Waals surface area contributed by atoms with E-state index in [1.165, 1.54) is 29.1 Å². The monoisotopic (exact) mass is 775 g/mol. The van der Waals surface area contributed by atoms with Crippen LogP contribution in [0, 0.1) is 17.8 Å². The molecule has 8 rings (SSSR count). The molecule has 12 nitrogen and oxygen atoms in total. The Morgan fingerprint density at radius 3 is 2.81 bits per heavy atom. The number of rotatable bonds is 3. The zero-order valence-corrected chi connectivity index (χ0v) is 32.4. The Balaban J connectivity index is 1.21. The minimum Gasteiger partial charge on any atom is -0.490 e.